The normalized spacial score (nSPS) is 18.7. The van der Waals surface area contributed by atoms with Crippen molar-refractivity contribution in [2.75, 3.05) is 5.32 Å². The standard InChI is InChI=1S/C22H22N4O2S/c1-13-7-6-10-16(11-13)21-25-26-22(29-21)24-19(27)14(2)23-20(28)18-12-17(18)15-8-4-3-5-9-15/h3-11,14,17-18H,12H2,1-2H3,(H,23,28)(H,24,26,27)/t14-,17+,18+/m1/s1. The minimum Gasteiger partial charge on any atom is -0.344 e. The van der Waals surface area contributed by atoms with E-state index < -0.39 is 6.04 Å². The molecule has 2 amide bonds. The van der Waals surface area contributed by atoms with Crippen LogP contribution in [-0.4, -0.2) is 28.1 Å². The van der Waals surface area contributed by atoms with Crippen molar-refractivity contribution in [2.24, 2.45) is 5.92 Å². The van der Waals surface area contributed by atoms with E-state index in [0.29, 0.717) is 5.13 Å². The minimum absolute atomic E-state index is 0.0675. The Morgan fingerprint density at radius 2 is 1.90 bits per heavy atom. The van der Waals surface area contributed by atoms with Crippen LogP contribution >= 0.6 is 11.3 Å². The molecule has 1 fully saturated rings. The van der Waals surface area contributed by atoms with Crippen molar-refractivity contribution in [3.63, 3.8) is 0 Å². The molecule has 0 unspecified atom stereocenters. The van der Waals surface area contributed by atoms with Gasteiger partial charge in [-0.15, -0.1) is 10.2 Å². The summed E-state index contributed by atoms with van der Waals surface area (Å²) in [6.45, 7) is 3.69. The summed E-state index contributed by atoms with van der Waals surface area (Å²) in [4.78, 5) is 24.9. The summed E-state index contributed by atoms with van der Waals surface area (Å²) < 4.78 is 0. The van der Waals surface area contributed by atoms with Crippen LogP contribution in [0.1, 0.15) is 30.4 Å². The molecule has 1 aliphatic rings. The van der Waals surface area contributed by atoms with Gasteiger partial charge >= 0.3 is 0 Å². The number of aromatic nitrogens is 2. The Kier molecular flexibility index (Phi) is 5.40. The van der Waals surface area contributed by atoms with E-state index in [2.05, 4.69) is 20.8 Å². The molecule has 2 N–H and O–H groups in total. The van der Waals surface area contributed by atoms with Gasteiger partial charge in [-0.25, -0.2) is 0 Å². The molecule has 3 aromatic rings. The zero-order valence-electron chi connectivity index (χ0n) is 16.3. The van der Waals surface area contributed by atoms with E-state index in [0.717, 1.165) is 22.6 Å². The first-order chi connectivity index (χ1) is 14.0. The third-order valence-electron chi connectivity index (χ3n) is 5.03. The van der Waals surface area contributed by atoms with Crippen LogP contribution in [0.2, 0.25) is 0 Å². The summed E-state index contributed by atoms with van der Waals surface area (Å²) in [7, 11) is 0. The smallest absolute Gasteiger partial charge is 0.248 e. The van der Waals surface area contributed by atoms with E-state index in [4.69, 9.17) is 0 Å². The van der Waals surface area contributed by atoms with Gasteiger partial charge in [-0.05, 0) is 37.8 Å². The van der Waals surface area contributed by atoms with Crippen molar-refractivity contribution >= 4 is 28.3 Å². The summed E-state index contributed by atoms with van der Waals surface area (Å²) in [5.41, 5.74) is 3.26. The summed E-state index contributed by atoms with van der Waals surface area (Å²) in [6, 6.07) is 17.3. The number of rotatable bonds is 6. The highest BCUT2D eigenvalue weighted by Crippen LogP contribution is 2.47. The van der Waals surface area contributed by atoms with E-state index in [-0.39, 0.29) is 23.7 Å². The Bertz CT molecular complexity index is 1030. The van der Waals surface area contributed by atoms with Gasteiger partial charge in [-0.2, -0.15) is 0 Å². The van der Waals surface area contributed by atoms with Gasteiger partial charge in [0.05, 0.1) is 0 Å². The summed E-state index contributed by atoms with van der Waals surface area (Å²) in [5, 5.41) is 14.9. The Balaban J connectivity index is 1.32. The average Bonchev–Trinajstić information content (AvgIpc) is 3.40. The fourth-order valence-corrected chi connectivity index (χ4v) is 4.06. The molecule has 2 aromatic carbocycles. The van der Waals surface area contributed by atoms with Crippen molar-refractivity contribution < 1.29 is 9.59 Å². The van der Waals surface area contributed by atoms with Gasteiger partial charge in [0.1, 0.15) is 11.0 Å². The first kappa shape index (κ1) is 19.3. The average molecular weight is 407 g/mol. The van der Waals surface area contributed by atoms with Crippen LogP contribution in [0.15, 0.2) is 54.6 Å². The third-order valence-corrected chi connectivity index (χ3v) is 5.91. The van der Waals surface area contributed by atoms with Gasteiger partial charge in [0, 0.05) is 11.5 Å². The van der Waals surface area contributed by atoms with E-state index in [1.807, 2.05) is 61.5 Å². The minimum atomic E-state index is -0.647. The maximum absolute atomic E-state index is 12.5. The number of carbonyl (C=O) groups is 2. The number of nitrogens with one attached hydrogen (secondary N) is 2. The molecule has 1 aliphatic carbocycles. The highest BCUT2D eigenvalue weighted by Gasteiger charge is 2.44. The topological polar surface area (TPSA) is 84.0 Å². The lowest BCUT2D eigenvalue weighted by Gasteiger charge is -2.12. The van der Waals surface area contributed by atoms with Crippen LogP contribution in [-0.2, 0) is 9.59 Å². The summed E-state index contributed by atoms with van der Waals surface area (Å²) in [6.07, 6.45) is 0.820. The molecule has 0 bridgehead atoms. The van der Waals surface area contributed by atoms with Gasteiger partial charge in [0.2, 0.25) is 16.9 Å². The first-order valence-corrected chi connectivity index (χ1v) is 10.4. The number of carbonyl (C=O) groups excluding carboxylic acids is 2. The molecule has 1 aromatic heterocycles. The Hall–Kier alpha value is -3.06. The SMILES string of the molecule is Cc1cccc(-c2nnc(NC(=O)[C@@H](C)NC(=O)[C@H]3C[C@H]3c3ccccc3)s2)c1. The Morgan fingerprint density at radius 1 is 1.10 bits per heavy atom. The molecule has 1 saturated carbocycles. The molecular formula is C22H22N4O2S. The Morgan fingerprint density at radius 3 is 2.66 bits per heavy atom. The predicted octanol–water partition coefficient (Wildman–Crippen LogP) is 3.76. The number of hydrogen-bond acceptors (Lipinski definition) is 5. The second kappa shape index (κ2) is 8.13. The van der Waals surface area contributed by atoms with Crippen molar-refractivity contribution in [3.8, 4) is 10.6 Å². The summed E-state index contributed by atoms with van der Waals surface area (Å²) in [5.74, 6) is -0.213. The number of hydrogen-bond donors (Lipinski definition) is 2. The number of amides is 2. The molecule has 6 nitrogen and oxygen atoms in total. The molecule has 0 radical (unpaired) electrons. The zero-order chi connectivity index (χ0) is 20.4. The lowest BCUT2D eigenvalue weighted by Crippen LogP contribution is -2.42. The zero-order valence-corrected chi connectivity index (χ0v) is 17.1. The van der Waals surface area contributed by atoms with E-state index in [9.17, 15) is 9.59 Å². The van der Waals surface area contributed by atoms with Gasteiger partial charge in [-0.1, -0.05) is 65.4 Å². The van der Waals surface area contributed by atoms with Gasteiger partial charge in [0.25, 0.3) is 0 Å². The first-order valence-electron chi connectivity index (χ1n) is 9.58. The van der Waals surface area contributed by atoms with Gasteiger partial charge in [-0.3, -0.25) is 14.9 Å². The maximum atomic E-state index is 12.5. The largest absolute Gasteiger partial charge is 0.344 e. The molecule has 1 heterocycles. The number of nitrogens with zero attached hydrogens (tertiary/aromatic N) is 2. The van der Waals surface area contributed by atoms with Crippen molar-refractivity contribution in [1.82, 2.24) is 15.5 Å². The van der Waals surface area contributed by atoms with Crippen LogP contribution in [0.3, 0.4) is 0 Å². The van der Waals surface area contributed by atoms with Crippen molar-refractivity contribution in [1.29, 1.82) is 0 Å². The second-order valence-corrected chi connectivity index (χ2v) is 8.34. The molecular weight excluding hydrogens is 384 g/mol. The van der Waals surface area contributed by atoms with Crippen molar-refractivity contribution in [3.05, 3.63) is 65.7 Å². The van der Waals surface area contributed by atoms with Crippen LogP contribution in [0.25, 0.3) is 10.6 Å². The molecule has 0 spiro atoms. The number of anilines is 1. The maximum Gasteiger partial charge on any atom is 0.248 e. The van der Waals surface area contributed by atoms with Crippen molar-refractivity contribution in [2.45, 2.75) is 32.2 Å². The third kappa shape index (κ3) is 4.51. The van der Waals surface area contributed by atoms with Gasteiger partial charge in [0.15, 0.2) is 0 Å². The molecule has 3 atom stereocenters. The molecule has 0 aliphatic heterocycles. The fourth-order valence-electron chi connectivity index (χ4n) is 3.32. The van der Waals surface area contributed by atoms with E-state index in [1.54, 1.807) is 6.92 Å². The molecule has 148 valence electrons. The lowest BCUT2D eigenvalue weighted by atomic mass is 10.1. The molecule has 7 heteroatoms. The fraction of sp³-hybridized carbons (Fsp3) is 0.273. The van der Waals surface area contributed by atoms with Crippen LogP contribution in [0.5, 0.6) is 0 Å². The predicted molar refractivity (Wildman–Crippen MR) is 114 cm³/mol. The van der Waals surface area contributed by atoms with Crippen LogP contribution in [0, 0.1) is 12.8 Å². The molecule has 0 saturated heterocycles. The highest BCUT2D eigenvalue weighted by atomic mass is 32.1. The van der Waals surface area contributed by atoms with E-state index in [1.165, 1.54) is 16.9 Å². The second-order valence-electron chi connectivity index (χ2n) is 7.36. The Labute approximate surface area is 173 Å². The molecule has 4 rings (SSSR count). The quantitative estimate of drug-likeness (QED) is 0.653. The monoisotopic (exact) mass is 406 g/mol. The lowest BCUT2D eigenvalue weighted by molar-refractivity contribution is -0.127. The summed E-state index contributed by atoms with van der Waals surface area (Å²) >= 11 is 1.31. The van der Waals surface area contributed by atoms with E-state index >= 15 is 0 Å². The number of aryl methyl sites for hydroxylation is 1. The highest BCUT2D eigenvalue weighted by molar-refractivity contribution is 7.18. The van der Waals surface area contributed by atoms with Crippen LogP contribution in [0.4, 0.5) is 5.13 Å². The molecule has 29 heavy (non-hydrogen) atoms. The van der Waals surface area contributed by atoms with Gasteiger partial charge < -0.3 is 5.32 Å². The number of benzene rings is 2. The van der Waals surface area contributed by atoms with Crippen LogP contribution < -0.4 is 10.6 Å².